The van der Waals surface area contributed by atoms with Crippen LogP contribution in [-0.4, -0.2) is 48.5 Å². The molecule has 9 heteroatoms. The van der Waals surface area contributed by atoms with Crippen LogP contribution >= 0.6 is 11.8 Å². The fourth-order valence-corrected chi connectivity index (χ4v) is 3.27. The lowest BCUT2D eigenvalue weighted by atomic mass is 9.74. The second kappa shape index (κ2) is 5.63. The highest BCUT2D eigenvalue weighted by atomic mass is 32.2. The Morgan fingerprint density at radius 3 is 2.76 bits per heavy atom. The first-order valence-electron chi connectivity index (χ1n) is 7.01. The number of amides is 1. The smallest absolute Gasteiger partial charge is 0.305 e. The summed E-state index contributed by atoms with van der Waals surface area (Å²) in [6.45, 7) is 0. The second-order valence-electron chi connectivity index (χ2n) is 5.68. The second-order valence-corrected chi connectivity index (χ2v) is 6.62. The Labute approximate surface area is 125 Å². The SMILES string of the molecule is O=C(O)CC1(NC(=O)CSc2nnnn2C2CC2)CCC1. The van der Waals surface area contributed by atoms with Crippen molar-refractivity contribution in [2.45, 2.75) is 55.3 Å². The molecular formula is C12H17N5O3S. The average molecular weight is 311 g/mol. The number of aliphatic carboxylic acids is 1. The van der Waals surface area contributed by atoms with Crippen molar-refractivity contribution in [3.63, 3.8) is 0 Å². The molecule has 2 fully saturated rings. The maximum Gasteiger partial charge on any atom is 0.305 e. The summed E-state index contributed by atoms with van der Waals surface area (Å²) in [4.78, 5) is 22.9. The first kappa shape index (κ1) is 14.3. The Balaban J connectivity index is 1.52. The minimum atomic E-state index is -0.875. The molecular weight excluding hydrogens is 294 g/mol. The van der Waals surface area contributed by atoms with Crippen molar-refractivity contribution < 1.29 is 14.7 Å². The highest BCUT2D eigenvalue weighted by Crippen LogP contribution is 2.37. The number of rotatable bonds is 7. The van der Waals surface area contributed by atoms with Crippen LogP contribution in [0.25, 0.3) is 0 Å². The molecule has 1 aromatic heterocycles. The third kappa shape index (κ3) is 3.34. The number of carbonyl (C=O) groups is 2. The van der Waals surface area contributed by atoms with Gasteiger partial charge in [-0.15, -0.1) is 5.10 Å². The van der Waals surface area contributed by atoms with Gasteiger partial charge in [-0.3, -0.25) is 9.59 Å². The number of carbonyl (C=O) groups excluding carboxylic acids is 1. The number of carboxylic acids is 1. The van der Waals surface area contributed by atoms with E-state index in [-0.39, 0.29) is 18.1 Å². The maximum atomic E-state index is 12.0. The Morgan fingerprint density at radius 1 is 1.43 bits per heavy atom. The summed E-state index contributed by atoms with van der Waals surface area (Å²) in [5.74, 6) is -0.833. The summed E-state index contributed by atoms with van der Waals surface area (Å²) in [6, 6.07) is 0.371. The topological polar surface area (TPSA) is 110 Å². The molecule has 0 unspecified atom stereocenters. The number of nitrogens with zero attached hydrogens (tertiary/aromatic N) is 4. The number of carboxylic acid groups (broad SMARTS) is 1. The number of nitrogens with one attached hydrogen (secondary N) is 1. The molecule has 114 valence electrons. The molecule has 21 heavy (non-hydrogen) atoms. The van der Waals surface area contributed by atoms with Gasteiger partial charge in [0.15, 0.2) is 0 Å². The van der Waals surface area contributed by atoms with E-state index in [4.69, 9.17) is 5.11 Å². The molecule has 0 atom stereocenters. The van der Waals surface area contributed by atoms with Crippen LogP contribution < -0.4 is 5.32 Å². The van der Waals surface area contributed by atoms with Gasteiger partial charge in [-0.05, 0) is 42.5 Å². The summed E-state index contributed by atoms with van der Waals surface area (Å²) in [6.07, 6.45) is 4.56. The normalized spacial score (nSPS) is 19.8. The minimum absolute atomic E-state index is 0.0107. The maximum absolute atomic E-state index is 12.0. The van der Waals surface area contributed by atoms with E-state index in [0.29, 0.717) is 11.2 Å². The highest BCUT2D eigenvalue weighted by Gasteiger charge is 2.40. The van der Waals surface area contributed by atoms with Crippen molar-refractivity contribution in [2.75, 3.05) is 5.75 Å². The van der Waals surface area contributed by atoms with Gasteiger partial charge < -0.3 is 10.4 Å². The van der Waals surface area contributed by atoms with Gasteiger partial charge in [-0.1, -0.05) is 11.8 Å². The first-order chi connectivity index (χ1) is 10.1. The lowest BCUT2D eigenvalue weighted by molar-refractivity contribution is -0.140. The molecule has 2 aliphatic carbocycles. The van der Waals surface area contributed by atoms with Crippen molar-refractivity contribution in [2.24, 2.45) is 0 Å². The average Bonchev–Trinajstić information content (AvgIpc) is 3.12. The van der Waals surface area contributed by atoms with Gasteiger partial charge >= 0.3 is 5.97 Å². The summed E-state index contributed by atoms with van der Waals surface area (Å²) in [5, 5.41) is 23.9. The quantitative estimate of drug-likeness (QED) is 0.710. The van der Waals surface area contributed by atoms with Gasteiger partial charge in [-0.25, -0.2) is 4.68 Å². The molecule has 3 rings (SSSR count). The zero-order valence-corrected chi connectivity index (χ0v) is 12.3. The van der Waals surface area contributed by atoms with Gasteiger partial charge in [0, 0.05) is 0 Å². The molecule has 1 aromatic rings. The van der Waals surface area contributed by atoms with E-state index in [2.05, 4.69) is 20.8 Å². The molecule has 0 aromatic carbocycles. The van der Waals surface area contributed by atoms with E-state index >= 15 is 0 Å². The summed E-state index contributed by atoms with van der Waals surface area (Å²) >= 11 is 1.29. The van der Waals surface area contributed by atoms with Crippen LogP contribution in [0.4, 0.5) is 0 Å². The Bertz CT molecular complexity index is 553. The number of aromatic nitrogens is 4. The van der Waals surface area contributed by atoms with Crippen LogP contribution in [-0.2, 0) is 9.59 Å². The lowest BCUT2D eigenvalue weighted by Gasteiger charge is -2.41. The van der Waals surface area contributed by atoms with Gasteiger partial charge in [0.05, 0.1) is 23.8 Å². The molecule has 0 radical (unpaired) electrons. The largest absolute Gasteiger partial charge is 0.481 e. The number of hydrogen-bond acceptors (Lipinski definition) is 6. The van der Waals surface area contributed by atoms with Crippen LogP contribution in [0.1, 0.15) is 44.6 Å². The summed E-state index contributed by atoms with van der Waals surface area (Å²) in [7, 11) is 0. The molecule has 0 bridgehead atoms. The zero-order valence-electron chi connectivity index (χ0n) is 11.5. The van der Waals surface area contributed by atoms with E-state index in [0.717, 1.165) is 32.1 Å². The van der Waals surface area contributed by atoms with E-state index in [9.17, 15) is 9.59 Å². The molecule has 2 aliphatic rings. The molecule has 2 N–H and O–H groups in total. The fourth-order valence-electron chi connectivity index (χ4n) is 2.53. The lowest BCUT2D eigenvalue weighted by Crippen LogP contribution is -2.55. The van der Waals surface area contributed by atoms with Crippen molar-refractivity contribution in [3.05, 3.63) is 0 Å². The molecule has 1 amide bonds. The van der Waals surface area contributed by atoms with Crippen molar-refractivity contribution in [3.8, 4) is 0 Å². The molecule has 2 saturated carbocycles. The van der Waals surface area contributed by atoms with Crippen LogP contribution in [0.2, 0.25) is 0 Å². The number of thioether (sulfide) groups is 1. The van der Waals surface area contributed by atoms with E-state index in [1.807, 2.05) is 0 Å². The van der Waals surface area contributed by atoms with Crippen LogP contribution in [0.15, 0.2) is 5.16 Å². The predicted molar refractivity (Wildman–Crippen MR) is 73.8 cm³/mol. The molecule has 0 aliphatic heterocycles. The summed E-state index contributed by atoms with van der Waals surface area (Å²) < 4.78 is 1.76. The van der Waals surface area contributed by atoms with Crippen molar-refractivity contribution in [1.82, 2.24) is 25.5 Å². The molecule has 0 saturated heterocycles. The minimum Gasteiger partial charge on any atom is -0.481 e. The van der Waals surface area contributed by atoms with Crippen LogP contribution in [0.5, 0.6) is 0 Å². The van der Waals surface area contributed by atoms with Gasteiger partial charge in [-0.2, -0.15) is 0 Å². The zero-order chi connectivity index (χ0) is 14.9. The standard InChI is InChI=1S/C12H17N5O3S/c18-9(13-12(4-1-5-12)6-10(19)20)7-21-11-14-15-16-17(11)8-2-3-8/h8H,1-7H2,(H,13,18)(H,19,20). The Kier molecular flexibility index (Phi) is 3.83. The van der Waals surface area contributed by atoms with Gasteiger partial charge in [0.25, 0.3) is 0 Å². The highest BCUT2D eigenvalue weighted by molar-refractivity contribution is 7.99. The molecule has 1 heterocycles. The van der Waals surface area contributed by atoms with Crippen LogP contribution in [0, 0.1) is 0 Å². The number of hydrogen-bond donors (Lipinski definition) is 2. The van der Waals surface area contributed by atoms with Crippen LogP contribution in [0.3, 0.4) is 0 Å². The van der Waals surface area contributed by atoms with Crippen molar-refractivity contribution in [1.29, 1.82) is 0 Å². The van der Waals surface area contributed by atoms with E-state index in [1.54, 1.807) is 4.68 Å². The third-order valence-electron chi connectivity index (χ3n) is 3.89. The third-order valence-corrected chi connectivity index (χ3v) is 4.83. The van der Waals surface area contributed by atoms with Crippen molar-refractivity contribution >= 4 is 23.6 Å². The first-order valence-corrected chi connectivity index (χ1v) is 8.00. The van der Waals surface area contributed by atoms with Gasteiger partial charge in [0.1, 0.15) is 0 Å². The summed E-state index contributed by atoms with van der Waals surface area (Å²) in [5.41, 5.74) is -0.550. The Hall–Kier alpha value is -1.64. The molecule has 0 spiro atoms. The number of tetrazole rings is 1. The molecule has 8 nitrogen and oxygen atoms in total. The van der Waals surface area contributed by atoms with E-state index < -0.39 is 11.5 Å². The monoisotopic (exact) mass is 311 g/mol. The Morgan fingerprint density at radius 2 is 2.19 bits per heavy atom. The van der Waals surface area contributed by atoms with E-state index in [1.165, 1.54) is 11.8 Å². The fraction of sp³-hybridized carbons (Fsp3) is 0.750. The predicted octanol–water partition coefficient (Wildman–Crippen LogP) is 0.614. The van der Waals surface area contributed by atoms with Gasteiger partial charge in [0.2, 0.25) is 11.1 Å².